The van der Waals surface area contributed by atoms with Gasteiger partial charge in [-0.3, -0.25) is 19.7 Å². The van der Waals surface area contributed by atoms with Crippen molar-refractivity contribution in [3.8, 4) is 0 Å². The molecular formula is C28H26N2O6. The molecule has 0 unspecified atom stereocenters. The van der Waals surface area contributed by atoms with Crippen molar-refractivity contribution in [2.45, 2.75) is 46.1 Å². The summed E-state index contributed by atoms with van der Waals surface area (Å²) in [6.07, 6.45) is 0. The molecule has 0 aliphatic carbocycles. The highest BCUT2D eigenvalue weighted by atomic mass is 16.6. The molecule has 0 fully saturated rings. The minimum atomic E-state index is -0.755. The third-order valence-electron chi connectivity index (χ3n) is 6.22. The molecule has 1 heterocycles. The molecule has 0 saturated carbocycles. The molecule has 1 aliphatic rings. The maximum Gasteiger partial charge on any atom is 0.339 e. The van der Waals surface area contributed by atoms with E-state index in [1.54, 1.807) is 6.07 Å². The Morgan fingerprint density at radius 2 is 1.47 bits per heavy atom. The number of nitro benzene ring substituents is 1. The first kappa shape index (κ1) is 24.8. The lowest BCUT2D eigenvalue weighted by Crippen LogP contribution is -2.32. The number of amides is 2. The van der Waals surface area contributed by atoms with Gasteiger partial charge in [-0.05, 0) is 52.8 Å². The fourth-order valence-electron chi connectivity index (χ4n) is 4.37. The predicted molar refractivity (Wildman–Crippen MR) is 134 cm³/mol. The zero-order valence-electron chi connectivity index (χ0n) is 20.5. The molecule has 0 aromatic heterocycles. The third-order valence-corrected chi connectivity index (χ3v) is 6.22. The van der Waals surface area contributed by atoms with Crippen LogP contribution in [0.2, 0.25) is 0 Å². The fraction of sp³-hybridized carbons (Fsp3) is 0.250. The number of anilines is 1. The first-order valence-corrected chi connectivity index (χ1v) is 11.7. The van der Waals surface area contributed by atoms with Gasteiger partial charge in [0, 0.05) is 12.1 Å². The Bertz CT molecular complexity index is 1350. The lowest BCUT2D eigenvalue weighted by Gasteiger charge is -2.25. The van der Waals surface area contributed by atoms with E-state index in [1.165, 1.54) is 41.3 Å². The quantitative estimate of drug-likeness (QED) is 0.175. The second-order valence-electron chi connectivity index (χ2n) is 9.27. The van der Waals surface area contributed by atoms with Crippen LogP contribution in [0.3, 0.4) is 0 Å². The largest absolute Gasteiger partial charge is 0.457 e. The van der Waals surface area contributed by atoms with Crippen molar-refractivity contribution in [1.82, 2.24) is 0 Å². The third kappa shape index (κ3) is 4.37. The standard InChI is InChI=1S/C28H26N2O6/c1-16(2)20-7-5-8-21(17(3)4)25(20)29-26(31)22-9-6-10-23(24(22)27(29)32)28(33)36-15-18-11-13-19(14-12-18)30(34)35/h5-14,16-17H,15H2,1-4H3. The number of nitro groups is 1. The van der Waals surface area contributed by atoms with Crippen LogP contribution in [0.15, 0.2) is 60.7 Å². The van der Waals surface area contributed by atoms with E-state index in [1.807, 2.05) is 45.9 Å². The van der Waals surface area contributed by atoms with Gasteiger partial charge in [-0.1, -0.05) is 52.0 Å². The summed E-state index contributed by atoms with van der Waals surface area (Å²) in [6, 6.07) is 15.9. The highest BCUT2D eigenvalue weighted by Gasteiger charge is 2.42. The summed E-state index contributed by atoms with van der Waals surface area (Å²) in [6.45, 7) is 7.87. The summed E-state index contributed by atoms with van der Waals surface area (Å²) in [5.41, 5.74) is 2.97. The van der Waals surface area contributed by atoms with Gasteiger partial charge in [0.05, 0.1) is 27.3 Å². The minimum absolute atomic E-state index is 0.00314. The molecular weight excluding hydrogens is 460 g/mol. The molecule has 3 aromatic carbocycles. The molecule has 184 valence electrons. The van der Waals surface area contributed by atoms with E-state index in [2.05, 4.69) is 0 Å². The molecule has 0 atom stereocenters. The number of imide groups is 1. The first-order valence-electron chi connectivity index (χ1n) is 11.7. The lowest BCUT2D eigenvalue weighted by atomic mass is 9.92. The van der Waals surface area contributed by atoms with Crippen molar-refractivity contribution in [3.63, 3.8) is 0 Å². The van der Waals surface area contributed by atoms with Crippen LogP contribution in [0.1, 0.15) is 87.3 Å². The first-order chi connectivity index (χ1) is 17.1. The van der Waals surface area contributed by atoms with Crippen molar-refractivity contribution < 1.29 is 24.0 Å². The molecule has 8 nitrogen and oxygen atoms in total. The Balaban J connectivity index is 1.68. The molecule has 0 N–H and O–H groups in total. The molecule has 4 rings (SSSR count). The molecule has 36 heavy (non-hydrogen) atoms. The van der Waals surface area contributed by atoms with Gasteiger partial charge in [0.1, 0.15) is 6.61 Å². The van der Waals surface area contributed by atoms with Gasteiger partial charge in [-0.2, -0.15) is 0 Å². The van der Waals surface area contributed by atoms with Gasteiger partial charge >= 0.3 is 5.97 Å². The second kappa shape index (κ2) is 9.73. The molecule has 8 heteroatoms. The normalized spacial score (nSPS) is 12.9. The number of carbonyl (C=O) groups excluding carboxylic acids is 3. The van der Waals surface area contributed by atoms with E-state index in [-0.39, 0.29) is 40.8 Å². The fourth-order valence-corrected chi connectivity index (χ4v) is 4.37. The summed E-state index contributed by atoms with van der Waals surface area (Å²) in [5, 5.41) is 10.8. The zero-order chi connectivity index (χ0) is 26.1. The number of hydrogen-bond donors (Lipinski definition) is 0. The summed E-state index contributed by atoms with van der Waals surface area (Å²) in [5.74, 6) is -1.67. The number of esters is 1. The van der Waals surface area contributed by atoms with Crippen molar-refractivity contribution in [1.29, 1.82) is 0 Å². The average molecular weight is 487 g/mol. The molecule has 0 radical (unpaired) electrons. The Labute approximate surface area is 208 Å². The van der Waals surface area contributed by atoms with Gasteiger partial charge < -0.3 is 4.74 Å². The van der Waals surface area contributed by atoms with Gasteiger partial charge in [0.15, 0.2) is 0 Å². The van der Waals surface area contributed by atoms with Gasteiger partial charge in [-0.25, -0.2) is 9.69 Å². The Kier molecular flexibility index (Phi) is 6.70. The molecule has 2 amide bonds. The number of rotatable bonds is 7. The smallest absolute Gasteiger partial charge is 0.339 e. The van der Waals surface area contributed by atoms with Crippen molar-refractivity contribution >= 4 is 29.2 Å². The Morgan fingerprint density at radius 3 is 2.03 bits per heavy atom. The minimum Gasteiger partial charge on any atom is -0.457 e. The number of fused-ring (bicyclic) bond motifs is 1. The van der Waals surface area contributed by atoms with Gasteiger partial charge in [-0.15, -0.1) is 0 Å². The Morgan fingerprint density at radius 1 is 0.889 bits per heavy atom. The van der Waals surface area contributed by atoms with Crippen LogP contribution < -0.4 is 4.90 Å². The number of non-ortho nitro benzene ring substituents is 1. The van der Waals surface area contributed by atoms with Crippen LogP contribution in [0.5, 0.6) is 0 Å². The predicted octanol–water partition coefficient (Wildman–Crippen LogP) is 6.00. The SMILES string of the molecule is CC(C)c1cccc(C(C)C)c1N1C(=O)c2cccc(C(=O)OCc3ccc([N+](=O)[O-])cc3)c2C1=O. The average Bonchev–Trinajstić information content (AvgIpc) is 3.11. The zero-order valence-corrected chi connectivity index (χ0v) is 20.5. The maximum atomic E-state index is 13.7. The van der Waals surface area contributed by atoms with Gasteiger partial charge in [0.25, 0.3) is 17.5 Å². The summed E-state index contributed by atoms with van der Waals surface area (Å²) in [7, 11) is 0. The van der Waals surface area contributed by atoms with Crippen molar-refractivity contribution in [2.24, 2.45) is 0 Å². The van der Waals surface area contributed by atoms with Crippen molar-refractivity contribution in [2.75, 3.05) is 4.90 Å². The number of carbonyl (C=O) groups is 3. The summed E-state index contributed by atoms with van der Waals surface area (Å²) >= 11 is 0. The highest BCUT2D eigenvalue weighted by molar-refractivity contribution is 6.36. The van der Waals surface area contributed by atoms with Crippen molar-refractivity contribution in [3.05, 3.63) is 104 Å². The number of nitrogens with zero attached hydrogens (tertiary/aromatic N) is 2. The van der Waals surface area contributed by atoms with Crippen LogP contribution in [-0.2, 0) is 11.3 Å². The molecule has 0 bridgehead atoms. The number of hydrogen-bond acceptors (Lipinski definition) is 6. The van der Waals surface area contributed by atoms with E-state index in [9.17, 15) is 24.5 Å². The van der Waals surface area contributed by atoms with Crippen LogP contribution in [0, 0.1) is 10.1 Å². The number of benzene rings is 3. The van der Waals surface area contributed by atoms with E-state index >= 15 is 0 Å². The second-order valence-corrected chi connectivity index (χ2v) is 9.27. The lowest BCUT2D eigenvalue weighted by molar-refractivity contribution is -0.384. The van der Waals surface area contributed by atoms with Crippen LogP contribution in [0.4, 0.5) is 11.4 Å². The highest BCUT2D eigenvalue weighted by Crippen LogP contribution is 2.40. The van der Waals surface area contributed by atoms with E-state index < -0.39 is 22.7 Å². The molecule has 1 aliphatic heterocycles. The monoisotopic (exact) mass is 486 g/mol. The molecule has 3 aromatic rings. The van der Waals surface area contributed by atoms with Crippen LogP contribution >= 0.6 is 0 Å². The summed E-state index contributed by atoms with van der Waals surface area (Å²) < 4.78 is 5.40. The maximum absolute atomic E-state index is 13.7. The van der Waals surface area contributed by atoms with Crippen LogP contribution in [-0.4, -0.2) is 22.7 Å². The topological polar surface area (TPSA) is 107 Å². The molecule has 0 saturated heterocycles. The number of ether oxygens (including phenoxy) is 1. The van der Waals surface area contributed by atoms with Gasteiger partial charge in [0.2, 0.25) is 0 Å². The Hall–Kier alpha value is -4.33. The van der Waals surface area contributed by atoms with E-state index in [4.69, 9.17) is 4.74 Å². The van der Waals surface area contributed by atoms with E-state index in [0.29, 0.717) is 11.3 Å². The summed E-state index contributed by atoms with van der Waals surface area (Å²) in [4.78, 5) is 51.7. The van der Waals surface area contributed by atoms with Crippen LogP contribution in [0.25, 0.3) is 0 Å². The number of para-hydroxylation sites is 1. The molecule has 0 spiro atoms. The van der Waals surface area contributed by atoms with E-state index in [0.717, 1.165) is 11.1 Å².